The maximum absolute atomic E-state index is 12.4. The molecule has 3 N–H and O–H groups in total. The second kappa shape index (κ2) is 7.00. The monoisotopic (exact) mass is 402 g/mol. The summed E-state index contributed by atoms with van der Waals surface area (Å²) in [4.78, 5) is 6.26. The van der Waals surface area contributed by atoms with E-state index >= 15 is 0 Å². The van der Waals surface area contributed by atoms with Crippen molar-refractivity contribution < 1.29 is 16.8 Å². The van der Waals surface area contributed by atoms with Gasteiger partial charge >= 0.3 is 0 Å². The number of nitrogens with two attached hydrogens (primary N) is 1. The fraction of sp³-hybridized carbons (Fsp3) is 0.357. The molecule has 0 radical (unpaired) electrons. The molecular weight excluding hydrogens is 384 g/mol. The van der Waals surface area contributed by atoms with Crippen LogP contribution in [0.5, 0.6) is 0 Å². The molecule has 1 aromatic heterocycles. The number of benzene rings is 1. The highest BCUT2D eigenvalue weighted by molar-refractivity contribution is 7.89. The summed E-state index contributed by atoms with van der Waals surface area (Å²) >= 11 is 1.53. The van der Waals surface area contributed by atoms with E-state index in [0.717, 1.165) is 24.5 Å². The number of anilines is 1. The quantitative estimate of drug-likeness (QED) is 0.735. The van der Waals surface area contributed by atoms with Crippen molar-refractivity contribution in [3.63, 3.8) is 0 Å². The standard InChI is InChI=1S/C14H18N4O4S3/c15-24(19,20)12-3-5-13(6-4-12)25(21,22)17-10-11-2-1-8-18(11)14-16-7-9-23-14/h3-7,9,11,17H,1-2,8,10H2,(H2,15,19,20). The molecule has 0 bridgehead atoms. The van der Waals surface area contributed by atoms with Crippen molar-refractivity contribution in [2.45, 2.75) is 28.7 Å². The van der Waals surface area contributed by atoms with E-state index in [-0.39, 0.29) is 22.4 Å². The van der Waals surface area contributed by atoms with Gasteiger partial charge in [-0.2, -0.15) is 0 Å². The Hall–Kier alpha value is -1.53. The van der Waals surface area contributed by atoms with Crippen LogP contribution in [0.15, 0.2) is 45.6 Å². The molecule has 2 aromatic rings. The molecule has 1 aromatic carbocycles. The number of aromatic nitrogens is 1. The molecule has 1 unspecified atom stereocenters. The molecule has 0 saturated carbocycles. The smallest absolute Gasteiger partial charge is 0.240 e. The van der Waals surface area contributed by atoms with E-state index in [0.29, 0.717) is 0 Å². The summed E-state index contributed by atoms with van der Waals surface area (Å²) in [5, 5.41) is 7.79. The van der Waals surface area contributed by atoms with Crippen LogP contribution in [0.2, 0.25) is 0 Å². The van der Waals surface area contributed by atoms with Gasteiger partial charge in [-0.25, -0.2) is 31.7 Å². The number of primary sulfonamides is 1. The zero-order chi connectivity index (χ0) is 18.1. The van der Waals surface area contributed by atoms with Crippen LogP contribution in [0.25, 0.3) is 0 Å². The average molecular weight is 403 g/mol. The van der Waals surface area contributed by atoms with Gasteiger partial charge in [-0.05, 0) is 37.1 Å². The summed E-state index contributed by atoms with van der Waals surface area (Å²) in [6.45, 7) is 1.11. The molecule has 1 atom stereocenters. The van der Waals surface area contributed by atoms with Crippen molar-refractivity contribution in [1.82, 2.24) is 9.71 Å². The Morgan fingerprint density at radius 3 is 2.48 bits per heavy atom. The Balaban J connectivity index is 1.69. The minimum atomic E-state index is -3.85. The molecule has 2 heterocycles. The van der Waals surface area contributed by atoms with Gasteiger partial charge < -0.3 is 4.90 Å². The fourth-order valence-electron chi connectivity index (χ4n) is 2.76. The van der Waals surface area contributed by atoms with Gasteiger partial charge in [0.2, 0.25) is 20.0 Å². The topological polar surface area (TPSA) is 122 Å². The Labute approximate surface area is 150 Å². The fourth-order valence-corrected chi connectivity index (χ4v) is 5.08. The van der Waals surface area contributed by atoms with Crippen molar-refractivity contribution in [2.75, 3.05) is 18.0 Å². The molecule has 8 nitrogen and oxygen atoms in total. The van der Waals surface area contributed by atoms with Crippen LogP contribution in [-0.4, -0.2) is 41.0 Å². The largest absolute Gasteiger partial charge is 0.344 e. The first-order chi connectivity index (χ1) is 11.8. The lowest BCUT2D eigenvalue weighted by Gasteiger charge is -2.24. The SMILES string of the molecule is NS(=O)(=O)c1ccc(S(=O)(=O)NCC2CCCN2c2nccs2)cc1. The first kappa shape index (κ1) is 18.3. The van der Waals surface area contributed by atoms with E-state index in [2.05, 4.69) is 14.6 Å². The van der Waals surface area contributed by atoms with E-state index in [4.69, 9.17) is 5.14 Å². The third-order valence-corrected chi connectivity index (χ3v) is 7.19. The highest BCUT2D eigenvalue weighted by Crippen LogP contribution is 2.27. The lowest BCUT2D eigenvalue weighted by molar-refractivity contribution is 0.566. The Bertz CT molecular complexity index is 925. The Morgan fingerprint density at radius 2 is 1.88 bits per heavy atom. The van der Waals surface area contributed by atoms with Crippen LogP contribution in [0.1, 0.15) is 12.8 Å². The lowest BCUT2D eigenvalue weighted by atomic mass is 10.2. The first-order valence-electron chi connectivity index (χ1n) is 7.56. The molecule has 1 fully saturated rings. The molecule has 0 aliphatic carbocycles. The first-order valence-corrected chi connectivity index (χ1v) is 11.5. The van der Waals surface area contributed by atoms with Crippen molar-refractivity contribution in [2.24, 2.45) is 5.14 Å². The molecule has 136 valence electrons. The van der Waals surface area contributed by atoms with Gasteiger partial charge in [-0.1, -0.05) is 0 Å². The zero-order valence-corrected chi connectivity index (χ0v) is 15.6. The molecule has 11 heteroatoms. The summed E-state index contributed by atoms with van der Waals surface area (Å²) in [7, 11) is -7.58. The van der Waals surface area contributed by atoms with Crippen LogP contribution < -0.4 is 14.8 Å². The number of sulfonamides is 2. The highest BCUT2D eigenvalue weighted by Gasteiger charge is 2.28. The van der Waals surface area contributed by atoms with Crippen molar-refractivity contribution >= 4 is 36.5 Å². The van der Waals surface area contributed by atoms with E-state index in [9.17, 15) is 16.8 Å². The average Bonchev–Trinajstić information content (AvgIpc) is 3.23. The number of rotatable bonds is 6. The summed E-state index contributed by atoms with van der Waals surface area (Å²) in [5.41, 5.74) is 0. The normalized spacial score (nSPS) is 18.6. The second-order valence-electron chi connectivity index (χ2n) is 5.67. The van der Waals surface area contributed by atoms with Gasteiger partial charge in [-0.3, -0.25) is 0 Å². The van der Waals surface area contributed by atoms with Crippen molar-refractivity contribution in [3.8, 4) is 0 Å². The number of hydrogen-bond acceptors (Lipinski definition) is 7. The Kier molecular flexibility index (Phi) is 5.11. The molecule has 0 spiro atoms. The van der Waals surface area contributed by atoms with Crippen molar-refractivity contribution in [3.05, 3.63) is 35.8 Å². The van der Waals surface area contributed by atoms with Gasteiger partial charge in [-0.15, -0.1) is 11.3 Å². The number of nitrogens with one attached hydrogen (secondary N) is 1. The molecule has 1 saturated heterocycles. The third-order valence-electron chi connectivity index (χ3n) is 4.01. The van der Waals surface area contributed by atoms with Gasteiger partial charge in [0.1, 0.15) is 0 Å². The second-order valence-corrected chi connectivity index (χ2v) is 9.87. The Morgan fingerprint density at radius 1 is 1.20 bits per heavy atom. The predicted octanol–water partition coefficient (Wildman–Crippen LogP) is 0.738. The lowest BCUT2D eigenvalue weighted by Crippen LogP contribution is -2.40. The van der Waals surface area contributed by atoms with Crippen LogP contribution in [0.3, 0.4) is 0 Å². The van der Waals surface area contributed by atoms with Crippen LogP contribution in [-0.2, 0) is 20.0 Å². The van der Waals surface area contributed by atoms with Gasteiger partial charge in [0.25, 0.3) is 0 Å². The molecular formula is C14H18N4O4S3. The van der Waals surface area contributed by atoms with Crippen LogP contribution in [0, 0.1) is 0 Å². The number of thiazole rings is 1. The summed E-state index contributed by atoms with van der Waals surface area (Å²) in [6, 6.07) is 4.87. The molecule has 1 aliphatic heterocycles. The van der Waals surface area contributed by atoms with Crippen LogP contribution >= 0.6 is 11.3 Å². The van der Waals surface area contributed by atoms with Gasteiger partial charge in [0.15, 0.2) is 5.13 Å². The van der Waals surface area contributed by atoms with Crippen molar-refractivity contribution in [1.29, 1.82) is 0 Å². The van der Waals surface area contributed by atoms with Gasteiger partial charge in [0, 0.05) is 30.7 Å². The predicted molar refractivity (Wildman–Crippen MR) is 95.5 cm³/mol. The molecule has 1 aliphatic rings. The number of nitrogens with zero attached hydrogens (tertiary/aromatic N) is 2. The molecule has 25 heavy (non-hydrogen) atoms. The minimum absolute atomic E-state index is 0.00121. The summed E-state index contributed by atoms with van der Waals surface area (Å²) < 4.78 is 49.9. The minimum Gasteiger partial charge on any atom is -0.344 e. The summed E-state index contributed by atoms with van der Waals surface area (Å²) in [5.74, 6) is 0. The van der Waals surface area contributed by atoms with E-state index in [1.807, 2.05) is 5.38 Å². The van der Waals surface area contributed by atoms with E-state index < -0.39 is 20.0 Å². The van der Waals surface area contributed by atoms with E-state index in [1.165, 1.54) is 35.6 Å². The third kappa shape index (κ3) is 4.18. The molecule has 3 rings (SSSR count). The maximum Gasteiger partial charge on any atom is 0.240 e. The highest BCUT2D eigenvalue weighted by atomic mass is 32.2. The van der Waals surface area contributed by atoms with E-state index in [1.54, 1.807) is 6.20 Å². The number of hydrogen-bond donors (Lipinski definition) is 2. The summed E-state index contributed by atoms with van der Waals surface area (Å²) in [6.07, 6.45) is 3.59. The molecule has 0 amide bonds. The van der Waals surface area contributed by atoms with Gasteiger partial charge in [0.05, 0.1) is 9.79 Å². The van der Waals surface area contributed by atoms with Crippen LogP contribution in [0.4, 0.5) is 5.13 Å². The maximum atomic E-state index is 12.4. The zero-order valence-electron chi connectivity index (χ0n) is 13.2.